The summed E-state index contributed by atoms with van der Waals surface area (Å²) in [4.78, 5) is 11.1. The maximum Gasteiger partial charge on any atom is 0.315 e. The van der Waals surface area contributed by atoms with E-state index in [1.165, 1.54) is 0 Å². The third-order valence-electron chi connectivity index (χ3n) is 2.82. The third-order valence-corrected chi connectivity index (χ3v) is 2.82. The molecule has 0 spiro atoms. The fourth-order valence-electron chi connectivity index (χ4n) is 2.07. The van der Waals surface area contributed by atoms with Crippen LogP contribution in [0.25, 0.3) is 0 Å². The van der Waals surface area contributed by atoms with Gasteiger partial charge in [0.25, 0.3) is 5.92 Å². The molecule has 1 aliphatic rings. The van der Waals surface area contributed by atoms with Gasteiger partial charge in [-0.3, -0.25) is 4.79 Å². The highest BCUT2D eigenvalue weighted by atomic mass is 19.3. The van der Waals surface area contributed by atoms with E-state index < -0.39 is 23.9 Å². The zero-order valence-corrected chi connectivity index (χ0v) is 8.93. The predicted octanol–water partition coefficient (Wildman–Crippen LogP) is 2.16. The number of aliphatic carboxylic acids is 1. The molecule has 5 heteroatoms. The molecule has 88 valence electrons. The van der Waals surface area contributed by atoms with E-state index in [2.05, 4.69) is 4.74 Å². The van der Waals surface area contributed by atoms with Crippen molar-refractivity contribution in [3.05, 3.63) is 0 Å². The second-order valence-corrected chi connectivity index (χ2v) is 4.49. The minimum atomic E-state index is -3.28. The first-order chi connectivity index (χ1) is 6.82. The molecule has 0 bridgehead atoms. The van der Waals surface area contributed by atoms with Crippen molar-refractivity contribution in [3.8, 4) is 0 Å². The Morgan fingerprint density at radius 2 is 2.13 bits per heavy atom. The fraction of sp³-hybridized carbons (Fsp3) is 0.900. The molecule has 1 saturated heterocycles. The minimum absolute atomic E-state index is 0.0152. The van der Waals surface area contributed by atoms with Crippen LogP contribution >= 0.6 is 0 Å². The topological polar surface area (TPSA) is 46.5 Å². The van der Waals surface area contributed by atoms with Gasteiger partial charge < -0.3 is 9.84 Å². The summed E-state index contributed by atoms with van der Waals surface area (Å²) >= 11 is 0. The van der Waals surface area contributed by atoms with Gasteiger partial charge in [0.1, 0.15) is 12.0 Å². The van der Waals surface area contributed by atoms with Gasteiger partial charge in [0.15, 0.2) is 0 Å². The molecular formula is C10H16F2O3. The van der Waals surface area contributed by atoms with Crippen LogP contribution in [0, 0.1) is 11.3 Å². The monoisotopic (exact) mass is 222 g/mol. The first kappa shape index (κ1) is 12.4. The van der Waals surface area contributed by atoms with E-state index in [1.54, 1.807) is 13.8 Å². The van der Waals surface area contributed by atoms with E-state index in [9.17, 15) is 13.6 Å². The van der Waals surface area contributed by atoms with Crippen molar-refractivity contribution >= 4 is 5.97 Å². The number of carboxylic acids is 1. The van der Waals surface area contributed by atoms with Crippen molar-refractivity contribution in [1.82, 2.24) is 0 Å². The van der Waals surface area contributed by atoms with Crippen LogP contribution in [0.5, 0.6) is 0 Å². The second kappa shape index (κ2) is 4.04. The largest absolute Gasteiger partial charge is 0.481 e. The van der Waals surface area contributed by atoms with E-state index in [0.717, 1.165) is 0 Å². The molecule has 1 aliphatic heterocycles. The van der Waals surface area contributed by atoms with Crippen LogP contribution in [0.2, 0.25) is 0 Å². The van der Waals surface area contributed by atoms with Gasteiger partial charge in [0, 0.05) is 6.61 Å². The molecule has 1 fully saturated rings. The molecule has 0 saturated carbocycles. The number of carboxylic acid groups (broad SMARTS) is 1. The van der Waals surface area contributed by atoms with Crippen molar-refractivity contribution < 1.29 is 23.4 Å². The molecule has 1 heterocycles. The van der Waals surface area contributed by atoms with Crippen molar-refractivity contribution in [1.29, 1.82) is 0 Å². The molecular weight excluding hydrogens is 206 g/mol. The summed E-state index contributed by atoms with van der Waals surface area (Å²) in [5, 5.41) is 9.04. The number of halogens is 2. The predicted molar refractivity (Wildman–Crippen MR) is 49.9 cm³/mol. The Bertz CT molecular complexity index is 253. The smallest absolute Gasteiger partial charge is 0.315 e. The van der Waals surface area contributed by atoms with E-state index >= 15 is 0 Å². The lowest BCUT2D eigenvalue weighted by Gasteiger charge is -2.41. The normalized spacial score (nSPS) is 30.5. The lowest BCUT2D eigenvalue weighted by atomic mass is 9.71. The summed E-state index contributed by atoms with van der Waals surface area (Å²) in [6, 6.07) is 0. The van der Waals surface area contributed by atoms with Crippen molar-refractivity contribution in [2.75, 3.05) is 13.2 Å². The highest BCUT2D eigenvalue weighted by Crippen LogP contribution is 2.47. The Morgan fingerprint density at radius 1 is 1.53 bits per heavy atom. The van der Waals surface area contributed by atoms with Gasteiger partial charge in [-0.1, -0.05) is 13.8 Å². The highest BCUT2D eigenvalue weighted by molar-refractivity contribution is 5.76. The molecule has 0 radical (unpaired) electrons. The van der Waals surface area contributed by atoms with E-state index in [0.29, 0.717) is 0 Å². The summed E-state index contributed by atoms with van der Waals surface area (Å²) < 4.78 is 31.9. The van der Waals surface area contributed by atoms with Gasteiger partial charge in [0.05, 0.1) is 0 Å². The number of alkyl halides is 2. The second-order valence-electron chi connectivity index (χ2n) is 4.49. The van der Waals surface area contributed by atoms with Crippen molar-refractivity contribution in [3.63, 3.8) is 0 Å². The average Bonchev–Trinajstić information content (AvgIpc) is 2.07. The molecule has 1 atom stereocenters. The molecule has 0 aliphatic carbocycles. The Labute approximate surface area is 87.4 Å². The summed E-state index contributed by atoms with van der Waals surface area (Å²) in [6.07, 6.45) is -0.133. The van der Waals surface area contributed by atoms with Crippen LogP contribution in [0.3, 0.4) is 0 Å². The summed E-state index contributed by atoms with van der Waals surface area (Å²) in [5.74, 6) is -4.77. The minimum Gasteiger partial charge on any atom is -0.481 e. The molecule has 0 aromatic carbocycles. The molecule has 1 rings (SSSR count). The van der Waals surface area contributed by atoms with Crippen LogP contribution in [0.1, 0.15) is 26.7 Å². The van der Waals surface area contributed by atoms with Crippen LogP contribution in [0.4, 0.5) is 8.78 Å². The van der Waals surface area contributed by atoms with Crippen LogP contribution in [-0.2, 0) is 9.53 Å². The molecule has 0 aromatic rings. The Morgan fingerprint density at radius 3 is 2.53 bits per heavy atom. The maximum absolute atomic E-state index is 13.6. The van der Waals surface area contributed by atoms with Gasteiger partial charge in [-0.2, -0.15) is 0 Å². The SMILES string of the molecule is CC(C)CC1(C(=O)O)CCOCC1(F)F. The first-order valence-electron chi connectivity index (χ1n) is 5.01. The van der Waals surface area contributed by atoms with E-state index in [1.807, 2.05) is 0 Å². The number of rotatable bonds is 3. The molecule has 0 amide bonds. The zero-order chi connectivity index (χ0) is 11.7. The maximum atomic E-state index is 13.6. The van der Waals surface area contributed by atoms with E-state index in [-0.39, 0.29) is 25.4 Å². The van der Waals surface area contributed by atoms with Gasteiger partial charge >= 0.3 is 5.97 Å². The quantitative estimate of drug-likeness (QED) is 0.795. The number of hydrogen-bond donors (Lipinski definition) is 1. The van der Waals surface area contributed by atoms with Gasteiger partial charge in [-0.05, 0) is 18.8 Å². The fourth-order valence-corrected chi connectivity index (χ4v) is 2.07. The summed E-state index contributed by atoms with van der Waals surface area (Å²) in [7, 11) is 0. The standard InChI is InChI=1S/C10H16F2O3/c1-7(2)5-9(8(13)14)3-4-15-6-10(9,11)12/h7H,3-6H2,1-2H3,(H,13,14). The average molecular weight is 222 g/mol. The highest BCUT2D eigenvalue weighted by Gasteiger charge is 2.60. The molecule has 1 unspecified atom stereocenters. The van der Waals surface area contributed by atoms with Gasteiger partial charge in [-0.15, -0.1) is 0 Å². The van der Waals surface area contributed by atoms with Crippen molar-refractivity contribution in [2.45, 2.75) is 32.6 Å². The Hall–Kier alpha value is -0.710. The Balaban J connectivity index is 3.01. The third kappa shape index (κ3) is 2.12. The molecule has 15 heavy (non-hydrogen) atoms. The van der Waals surface area contributed by atoms with Crippen LogP contribution in [0.15, 0.2) is 0 Å². The molecule has 0 aromatic heterocycles. The lowest BCUT2D eigenvalue weighted by molar-refractivity contribution is -0.222. The van der Waals surface area contributed by atoms with Gasteiger partial charge in [0.2, 0.25) is 0 Å². The number of hydrogen-bond acceptors (Lipinski definition) is 2. The van der Waals surface area contributed by atoms with Crippen LogP contribution in [-0.4, -0.2) is 30.2 Å². The lowest BCUT2D eigenvalue weighted by Crippen LogP contribution is -2.54. The first-order valence-corrected chi connectivity index (χ1v) is 5.01. The molecule has 3 nitrogen and oxygen atoms in total. The van der Waals surface area contributed by atoms with E-state index in [4.69, 9.17) is 5.11 Å². The summed E-state index contributed by atoms with van der Waals surface area (Å²) in [5.41, 5.74) is -1.95. The van der Waals surface area contributed by atoms with Crippen molar-refractivity contribution in [2.24, 2.45) is 11.3 Å². The number of carbonyl (C=O) groups is 1. The number of ether oxygens (including phenoxy) is 1. The van der Waals surface area contributed by atoms with Crippen LogP contribution < -0.4 is 0 Å². The molecule has 1 N–H and O–H groups in total. The summed E-state index contributed by atoms with van der Waals surface area (Å²) in [6.45, 7) is 2.80. The Kier molecular flexibility index (Phi) is 3.33. The zero-order valence-electron chi connectivity index (χ0n) is 8.93. The van der Waals surface area contributed by atoms with Gasteiger partial charge in [-0.25, -0.2) is 8.78 Å².